The molecule has 2 aromatic carbocycles. The zero-order valence-corrected chi connectivity index (χ0v) is 10.8. The van der Waals surface area contributed by atoms with Crippen molar-refractivity contribution in [2.24, 2.45) is 0 Å². The minimum Gasteiger partial charge on any atom is -0.399 e. The lowest BCUT2D eigenvalue weighted by Crippen LogP contribution is -1.89. The molecule has 0 aliphatic heterocycles. The molecule has 0 fully saturated rings. The average molecular weight is 254 g/mol. The van der Waals surface area contributed by atoms with Crippen molar-refractivity contribution in [2.75, 3.05) is 5.73 Å². The second-order valence-electron chi connectivity index (χ2n) is 4.00. The van der Waals surface area contributed by atoms with E-state index in [0.29, 0.717) is 0 Å². The SMILES string of the molecule is N#Cc1ccccc1CSCc1ccc(N)cc1. The van der Waals surface area contributed by atoms with Gasteiger partial charge in [0.2, 0.25) is 0 Å². The fourth-order valence-electron chi connectivity index (χ4n) is 1.65. The Balaban J connectivity index is 1.93. The molecule has 3 heteroatoms. The molecule has 0 radical (unpaired) electrons. The van der Waals surface area contributed by atoms with Gasteiger partial charge in [-0.15, -0.1) is 0 Å². The third-order valence-electron chi connectivity index (χ3n) is 2.64. The van der Waals surface area contributed by atoms with Crippen molar-refractivity contribution in [3.8, 4) is 6.07 Å². The molecule has 0 atom stereocenters. The van der Waals surface area contributed by atoms with E-state index in [9.17, 15) is 0 Å². The number of anilines is 1. The quantitative estimate of drug-likeness (QED) is 0.848. The number of hydrogen-bond acceptors (Lipinski definition) is 3. The molecule has 0 bridgehead atoms. The van der Waals surface area contributed by atoms with Crippen molar-refractivity contribution in [1.82, 2.24) is 0 Å². The van der Waals surface area contributed by atoms with Gasteiger partial charge in [0.15, 0.2) is 0 Å². The fraction of sp³-hybridized carbons (Fsp3) is 0.133. The van der Waals surface area contributed by atoms with E-state index in [1.54, 1.807) is 11.8 Å². The lowest BCUT2D eigenvalue weighted by Gasteiger charge is -2.04. The first-order valence-electron chi connectivity index (χ1n) is 5.70. The lowest BCUT2D eigenvalue weighted by atomic mass is 10.1. The van der Waals surface area contributed by atoms with Gasteiger partial charge in [-0.3, -0.25) is 0 Å². The van der Waals surface area contributed by atoms with Gasteiger partial charge in [-0.1, -0.05) is 30.3 Å². The molecule has 0 heterocycles. The highest BCUT2D eigenvalue weighted by Crippen LogP contribution is 2.20. The summed E-state index contributed by atoms with van der Waals surface area (Å²) in [7, 11) is 0. The zero-order chi connectivity index (χ0) is 12.8. The van der Waals surface area contributed by atoms with Gasteiger partial charge in [-0.05, 0) is 29.3 Å². The Morgan fingerprint density at radius 3 is 2.44 bits per heavy atom. The van der Waals surface area contributed by atoms with Crippen LogP contribution in [0.4, 0.5) is 5.69 Å². The summed E-state index contributed by atoms with van der Waals surface area (Å²) in [5.74, 6) is 1.79. The topological polar surface area (TPSA) is 49.8 Å². The first-order valence-corrected chi connectivity index (χ1v) is 6.85. The number of nitrogens with zero attached hydrogens (tertiary/aromatic N) is 1. The number of nitrogens with two attached hydrogens (primary N) is 1. The van der Waals surface area contributed by atoms with Crippen LogP contribution in [0.5, 0.6) is 0 Å². The van der Waals surface area contributed by atoms with E-state index in [1.165, 1.54) is 5.56 Å². The summed E-state index contributed by atoms with van der Waals surface area (Å²) >= 11 is 1.80. The molecular weight excluding hydrogens is 240 g/mol. The van der Waals surface area contributed by atoms with Crippen LogP contribution in [0, 0.1) is 11.3 Å². The van der Waals surface area contributed by atoms with E-state index in [-0.39, 0.29) is 0 Å². The number of nitrogen functional groups attached to an aromatic ring is 1. The van der Waals surface area contributed by atoms with E-state index < -0.39 is 0 Å². The third kappa shape index (κ3) is 3.28. The predicted octanol–water partition coefficient (Wildman–Crippen LogP) is 3.57. The van der Waals surface area contributed by atoms with E-state index in [4.69, 9.17) is 11.0 Å². The highest BCUT2D eigenvalue weighted by Gasteiger charge is 2.01. The molecule has 0 saturated carbocycles. The molecule has 2 N–H and O–H groups in total. The molecule has 0 unspecified atom stereocenters. The van der Waals surface area contributed by atoms with Crippen LogP contribution in [0.15, 0.2) is 48.5 Å². The molecule has 0 spiro atoms. The highest BCUT2D eigenvalue weighted by molar-refractivity contribution is 7.97. The zero-order valence-electron chi connectivity index (χ0n) is 9.97. The minimum atomic E-state index is 0.766. The van der Waals surface area contributed by atoms with E-state index in [2.05, 4.69) is 6.07 Å². The Labute approximate surface area is 111 Å². The van der Waals surface area contributed by atoms with Crippen molar-refractivity contribution in [1.29, 1.82) is 5.26 Å². The van der Waals surface area contributed by atoms with Gasteiger partial charge in [0.25, 0.3) is 0 Å². The molecule has 0 saturated heterocycles. The molecule has 90 valence electrons. The summed E-state index contributed by atoms with van der Waals surface area (Å²) in [4.78, 5) is 0. The number of nitriles is 1. The molecule has 0 aliphatic rings. The van der Waals surface area contributed by atoms with Crippen LogP contribution in [0.2, 0.25) is 0 Å². The molecule has 18 heavy (non-hydrogen) atoms. The maximum Gasteiger partial charge on any atom is 0.0994 e. The fourth-order valence-corrected chi connectivity index (χ4v) is 2.65. The Bertz CT molecular complexity index is 555. The Hall–Kier alpha value is -1.92. The Morgan fingerprint density at radius 1 is 1.00 bits per heavy atom. The summed E-state index contributed by atoms with van der Waals surface area (Å²) in [6, 6.07) is 17.9. The van der Waals surface area contributed by atoms with Gasteiger partial charge >= 0.3 is 0 Å². The summed E-state index contributed by atoms with van der Waals surface area (Å²) in [6.45, 7) is 0. The normalized spacial score (nSPS) is 9.94. The standard InChI is InChI=1S/C15H14N2S/c16-9-13-3-1-2-4-14(13)11-18-10-12-5-7-15(17)8-6-12/h1-8H,10-11,17H2. The van der Waals surface area contributed by atoms with Crippen LogP contribution < -0.4 is 5.73 Å². The summed E-state index contributed by atoms with van der Waals surface area (Å²) in [6.07, 6.45) is 0. The average Bonchev–Trinajstić information content (AvgIpc) is 2.41. The molecule has 0 aliphatic carbocycles. The van der Waals surface area contributed by atoms with E-state index in [1.807, 2.05) is 48.5 Å². The maximum absolute atomic E-state index is 8.99. The second-order valence-corrected chi connectivity index (χ2v) is 4.99. The Morgan fingerprint density at radius 2 is 1.72 bits per heavy atom. The van der Waals surface area contributed by atoms with Gasteiger partial charge in [-0.2, -0.15) is 17.0 Å². The largest absolute Gasteiger partial charge is 0.399 e. The van der Waals surface area contributed by atoms with Crippen molar-refractivity contribution in [3.05, 3.63) is 65.2 Å². The van der Waals surface area contributed by atoms with Gasteiger partial charge in [0.05, 0.1) is 11.6 Å². The van der Waals surface area contributed by atoms with Gasteiger partial charge in [-0.25, -0.2) is 0 Å². The van der Waals surface area contributed by atoms with Crippen molar-refractivity contribution >= 4 is 17.4 Å². The first-order chi connectivity index (χ1) is 8.79. The third-order valence-corrected chi connectivity index (χ3v) is 3.70. The number of thioether (sulfide) groups is 1. The first kappa shape index (κ1) is 12.5. The second kappa shape index (κ2) is 6.13. The number of hydrogen-bond donors (Lipinski definition) is 1. The van der Waals surface area contributed by atoms with Crippen LogP contribution in [-0.4, -0.2) is 0 Å². The van der Waals surface area contributed by atoms with Crippen LogP contribution in [-0.2, 0) is 11.5 Å². The maximum atomic E-state index is 8.99. The van der Waals surface area contributed by atoms with Crippen molar-refractivity contribution < 1.29 is 0 Å². The van der Waals surface area contributed by atoms with Crippen LogP contribution in [0.25, 0.3) is 0 Å². The molecule has 2 aromatic rings. The summed E-state index contributed by atoms with van der Waals surface area (Å²) in [5.41, 5.74) is 9.55. The molecule has 2 nitrogen and oxygen atoms in total. The highest BCUT2D eigenvalue weighted by atomic mass is 32.2. The monoisotopic (exact) mass is 254 g/mol. The van der Waals surface area contributed by atoms with Crippen LogP contribution in [0.1, 0.15) is 16.7 Å². The van der Waals surface area contributed by atoms with Gasteiger partial charge < -0.3 is 5.73 Å². The summed E-state index contributed by atoms with van der Waals surface area (Å²) in [5, 5.41) is 8.99. The molecule has 0 aromatic heterocycles. The van der Waals surface area contributed by atoms with Gasteiger partial charge in [0, 0.05) is 17.2 Å². The van der Waals surface area contributed by atoms with Crippen molar-refractivity contribution in [3.63, 3.8) is 0 Å². The van der Waals surface area contributed by atoms with Crippen LogP contribution in [0.3, 0.4) is 0 Å². The van der Waals surface area contributed by atoms with Gasteiger partial charge in [0.1, 0.15) is 0 Å². The molecule has 0 amide bonds. The summed E-state index contributed by atoms with van der Waals surface area (Å²) < 4.78 is 0. The smallest absolute Gasteiger partial charge is 0.0994 e. The van der Waals surface area contributed by atoms with Crippen molar-refractivity contribution in [2.45, 2.75) is 11.5 Å². The van der Waals surface area contributed by atoms with E-state index >= 15 is 0 Å². The lowest BCUT2D eigenvalue weighted by molar-refractivity contribution is 1.33. The van der Waals surface area contributed by atoms with E-state index in [0.717, 1.165) is 28.3 Å². The Kier molecular flexibility index (Phi) is 4.27. The molecular formula is C15H14N2S. The number of rotatable bonds is 4. The predicted molar refractivity (Wildman–Crippen MR) is 77.0 cm³/mol. The number of benzene rings is 2. The van der Waals surface area contributed by atoms with Crippen LogP contribution >= 0.6 is 11.8 Å². The molecule has 2 rings (SSSR count). The minimum absolute atomic E-state index is 0.766.